The lowest BCUT2D eigenvalue weighted by Gasteiger charge is -2.20. The van der Waals surface area contributed by atoms with Crippen LogP contribution >= 0.6 is 0 Å². The molecule has 8 aromatic carbocycles. The molecule has 0 bridgehead atoms. The first-order valence-electron chi connectivity index (χ1n) is 19.5. The Bertz CT molecular complexity index is 3660. The molecule has 10 rings (SSSR count). The van der Waals surface area contributed by atoms with Gasteiger partial charge in [0.15, 0.2) is 0 Å². The zero-order valence-electron chi connectivity index (χ0n) is 32.4. The van der Waals surface area contributed by atoms with E-state index < -0.39 is 11.7 Å². The molecule has 0 amide bonds. The molecular weight excluding hydrogens is 778 g/mol. The van der Waals surface area contributed by atoms with Crippen molar-refractivity contribution in [3.63, 3.8) is 0 Å². The first-order chi connectivity index (χ1) is 30.2. The van der Waals surface area contributed by atoms with Crippen molar-refractivity contribution >= 4 is 43.6 Å². The van der Waals surface area contributed by atoms with E-state index >= 15 is 0 Å². The fraction of sp³-hybridized carbons (Fsp3) is 0.0189. The second kappa shape index (κ2) is 14.4. The number of hydrogen-bond acceptors (Lipinski definition) is 4. The van der Waals surface area contributed by atoms with Gasteiger partial charge in [-0.05, 0) is 119 Å². The van der Waals surface area contributed by atoms with Gasteiger partial charge in [0, 0.05) is 27.1 Å². The standard InChI is InChI=1S/C53H27F3N6/c54-53(55,56)41-22-34(30-59)21-39(23-41)44-27-51(61-47-7-3-1-5-42(47)45-24-37(17-19-49(45)61)35-13-9-32(28-57)10-14-35)40(31-60)26-52(44)62-48-8-4-2-6-43(48)46-25-38(18-20-50(46)62)36-15-11-33(29-58)12-16-36/h1-27H. The Morgan fingerprint density at radius 2 is 0.839 bits per heavy atom. The van der Waals surface area contributed by atoms with Gasteiger partial charge in [0.05, 0.1) is 79.5 Å². The van der Waals surface area contributed by atoms with Crippen LogP contribution in [0, 0.1) is 45.3 Å². The zero-order chi connectivity index (χ0) is 42.7. The van der Waals surface area contributed by atoms with E-state index in [4.69, 9.17) is 0 Å². The van der Waals surface area contributed by atoms with Crippen LogP contribution in [0.4, 0.5) is 13.2 Å². The first-order valence-corrected chi connectivity index (χ1v) is 19.5. The van der Waals surface area contributed by atoms with Crippen LogP contribution in [-0.2, 0) is 6.18 Å². The fourth-order valence-electron chi connectivity index (χ4n) is 8.58. The Hall–Kier alpha value is -8.89. The predicted octanol–water partition coefficient (Wildman–Crippen LogP) is 13.4. The summed E-state index contributed by atoms with van der Waals surface area (Å²) < 4.78 is 47.7. The molecule has 0 atom stereocenters. The number of fused-ring (bicyclic) bond motifs is 6. The summed E-state index contributed by atoms with van der Waals surface area (Å²) >= 11 is 0. The number of rotatable bonds is 5. The molecule has 0 fully saturated rings. The molecule has 290 valence electrons. The maximum atomic E-state index is 14.6. The maximum absolute atomic E-state index is 14.6. The van der Waals surface area contributed by atoms with Crippen LogP contribution in [0.5, 0.6) is 0 Å². The molecule has 0 spiro atoms. The minimum Gasteiger partial charge on any atom is -0.309 e. The van der Waals surface area contributed by atoms with Crippen molar-refractivity contribution < 1.29 is 13.2 Å². The highest BCUT2D eigenvalue weighted by Gasteiger charge is 2.32. The van der Waals surface area contributed by atoms with Gasteiger partial charge in [-0.25, -0.2) is 0 Å². The fourth-order valence-corrected chi connectivity index (χ4v) is 8.58. The number of alkyl halides is 3. The maximum Gasteiger partial charge on any atom is 0.416 e. The molecule has 2 heterocycles. The summed E-state index contributed by atoms with van der Waals surface area (Å²) in [6.07, 6.45) is -4.74. The van der Waals surface area contributed by atoms with Crippen LogP contribution in [0.1, 0.15) is 27.8 Å². The van der Waals surface area contributed by atoms with Crippen molar-refractivity contribution in [1.29, 1.82) is 21.0 Å². The summed E-state index contributed by atoms with van der Waals surface area (Å²) in [7, 11) is 0. The molecule has 0 saturated carbocycles. The van der Waals surface area contributed by atoms with E-state index in [2.05, 4.69) is 30.3 Å². The average Bonchev–Trinajstić information content (AvgIpc) is 3.82. The normalized spacial score (nSPS) is 11.4. The summed E-state index contributed by atoms with van der Waals surface area (Å²) in [5, 5.41) is 43.3. The van der Waals surface area contributed by atoms with Gasteiger partial charge in [0.2, 0.25) is 0 Å². The highest BCUT2D eigenvalue weighted by Crippen LogP contribution is 2.43. The summed E-state index contributed by atoms with van der Waals surface area (Å²) in [4.78, 5) is 0. The Kier molecular flexibility index (Phi) is 8.70. The molecule has 0 aliphatic carbocycles. The second-order valence-electron chi connectivity index (χ2n) is 15.0. The average molecular weight is 805 g/mol. The first kappa shape index (κ1) is 37.4. The van der Waals surface area contributed by atoms with Gasteiger partial charge in [-0.15, -0.1) is 0 Å². The molecule has 62 heavy (non-hydrogen) atoms. The van der Waals surface area contributed by atoms with Gasteiger partial charge >= 0.3 is 6.18 Å². The monoisotopic (exact) mass is 804 g/mol. The van der Waals surface area contributed by atoms with Crippen molar-refractivity contribution in [2.45, 2.75) is 6.18 Å². The molecule has 0 saturated heterocycles. The molecule has 0 aliphatic rings. The molecular formula is C53H27F3N6. The Morgan fingerprint density at radius 3 is 1.32 bits per heavy atom. The SMILES string of the molecule is N#Cc1ccc(-c2ccc3c(c2)c2ccccc2n3-c2cc(-c3cc(C#N)cc(C(F)(F)F)c3)c(-n3c4ccccc4c4cc(-c5ccc(C#N)cc5)ccc43)cc2C#N)cc1. The largest absolute Gasteiger partial charge is 0.416 e. The quantitative estimate of drug-likeness (QED) is 0.173. The summed E-state index contributed by atoms with van der Waals surface area (Å²) in [5.74, 6) is 0. The van der Waals surface area contributed by atoms with Crippen molar-refractivity contribution in [3.05, 3.63) is 192 Å². The van der Waals surface area contributed by atoms with Crippen LogP contribution < -0.4 is 0 Å². The molecule has 6 nitrogen and oxygen atoms in total. The van der Waals surface area contributed by atoms with Crippen LogP contribution in [0.3, 0.4) is 0 Å². The van der Waals surface area contributed by atoms with Gasteiger partial charge < -0.3 is 9.13 Å². The molecule has 9 heteroatoms. The minimum absolute atomic E-state index is 0.154. The highest BCUT2D eigenvalue weighted by molar-refractivity contribution is 6.12. The summed E-state index contributed by atoms with van der Waals surface area (Å²) in [6, 6.07) is 57.6. The number of halogens is 3. The third kappa shape index (κ3) is 6.09. The van der Waals surface area contributed by atoms with Gasteiger partial charge in [-0.3, -0.25) is 0 Å². The number of nitriles is 4. The molecule has 10 aromatic rings. The van der Waals surface area contributed by atoms with E-state index in [1.54, 1.807) is 36.4 Å². The van der Waals surface area contributed by atoms with Gasteiger partial charge in [0.1, 0.15) is 6.07 Å². The number of nitrogens with zero attached hydrogens (tertiary/aromatic N) is 6. The third-order valence-corrected chi connectivity index (χ3v) is 11.5. The van der Waals surface area contributed by atoms with E-state index in [1.807, 2.05) is 112 Å². The molecule has 0 radical (unpaired) electrons. The molecule has 2 aromatic heterocycles. The topological polar surface area (TPSA) is 105 Å². The van der Waals surface area contributed by atoms with E-state index in [0.29, 0.717) is 28.1 Å². The predicted molar refractivity (Wildman–Crippen MR) is 235 cm³/mol. The highest BCUT2D eigenvalue weighted by atomic mass is 19.4. The van der Waals surface area contributed by atoms with E-state index in [-0.39, 0.29) is 16.7 Å². The molecule has 0 N–H and O–H groups in total. The zero-order valence-corrected chi connectivity index (χ0v) is 32.4. The Morgan fingerprint density at radius 1 is 0.371 bits per heavy atom. The minimum atomic E-state index is -4.74. The number of para-hydroxylation sites is 2. The summed E-state index contributed by atoms with van der Waals surface area (Å²) in [6.45, 7) is 0. The van der Waals surface area contributed by atoms with Crippen LogP contribution in [0.2, 0.25) is 0 Å². The van der Waals surface area contributed by atoms with Crippen molar-refractivity contribution in [2.24, 2.45) is 0 Å². The lowest BCUT2D eigenvalue weighted by atomic mass is 9.95. The summed E-state index contributed by atoms with van der Waals surface area (Å²) in [5.41, 5.74) is 8.38. The van der Waals surface area contributed by atoms with Crippen LogP contribution in [0.15, 0.2) is 164 Å². The molecule has 0 unspecified atom stereocenters. The Labute approximate surface area is 352 Å². The van der Waals surface area contributed by atoms with Gasteiger partial charge in [-0.2, -0.15) is 34.2 Å². The van der Waals surface area contributed by atoms with E-state index in [9.17, 15) is 34.2 Å². The smallest absolute Gasteiger partial charge is 0.309 e. The Balaban J connectivity index is 1.28. The number of benzene rings is 8. The number of hydrogen-bond donors (Lipinski definition) is 0. The van der Waals surface area contributed by atoms with Crippen molar-refractivity contribution in [1.82, 2.24) is 9.13 Å². The van der Waals surface area contributed by atoms with Gasteiger partial charge in [-0.1, -0.05) is 72.8 Å². The van der Waals surface area contributed by atoms with E-state index in [0.717, 1.165) is 78.0 Å². The lowest BCUT2D eigenvalue weighted by Crippen LogP contribution is -2.07. The lowest BCUT2D eigenvalue weighted by molar-refractivity contribution is -0.137. The van der Waals surface area contributed by atoms with Crippen LogP contribution in [-0.4, -0.2) is 9.13 Å². The molecule has 0 aliphatic heterocycles. The van der Waals surface area contributed by atoms with Gasteiger partial charge in [0.25, 0.3) is 0 Å². The third-order valence-electron chi connectivity index (χ3n) is 11.5. The second-order valence-corrected chi connectivity index (χ2v) is 15.0. The number of aromatic nitrogens is 2. The van der Waals surface area contributed by atoms with Crippen molar-refractivity contribution in [2.75, 3.05) is 0 Å². The van der Waals surface area contributed by atoms with Crippen LogP contribution in [0.25, 0.3) is 88.4 Å². The van der Waals surface area contributed by atoms with Crippen molar-refractivity contribution in [3.8, 4) is 69.0 Å². The van der Waals surface area contributed by atoms with E-state index in [1.165, 1.54) is 6.07 Å².